The maximum atomic E-state index is 12.8. The number of hydrazone groups is 1. The monoisotopic (exact) mass is 524 g/mol. The predicted octanol–water partition coefficient (Wildman–Crippen LogP) is 4.66. The lowest BCUT2D eigenvalue weighted by molar-refractivity contribution is -0.114. The molecular formula is C25H24N4O5S2. The van der Waals surface area contributed by atoms with Crippen LogP contribution in [0.4, 0.5) is 0 Å². The summed E-state index contributed by atoms with van der Waals surface area (Å²) in [6.07, 6.45) is 7.18. The molecule has 1 saturated carbocycles. The van der Waals surface area contributed by atoms with E-state index in [1.165, 1.54) is 60.6 Å². The molecule has 2 heterocycles. The van der Waals surface area contributed by atoms with Crippen molar-refractivity contribution in [2.75, 3.05) is 7.11 Å². The van der Waals surface area contributed by atoms with Crippen LogP contribution in [0, 0.1) is 11.3 Å². The number of thioether (sulfide) groups is 1. The average molecular weight is 525 g/mol. The van der Waals surface area contributed by atoms with E-state index in [0.29, 0.717) is 16.6 Å². The van der Waals surface area contributed by atoms with E-state index in [-0.39, 0.29) is 27.8 Å². The van der Waals surface area contributed by atoms with Crippen LogP contribution in [0.2, 0.25) is 0 Å². The van der Waals surface area contributed by atoms with Gasteiger partial charge in [-0.1, -0.05) is 43.5 Å². The standard InChI is InChI=1S/C25H24N4O5S2/c1-33-21-15-16(12-13-20(21)34-36(31,32)18-10-6-3-7-11-18)14-19-22(26)29-25(27-23(19)30)35-24(28-29)17-8-4-2-5-9-17/h3,6-7,10-15,17,26H,2,4-5,8-9H2,1H3/b19-14-,26-22?. The molecule has 0 radical (unpaired) electrons. The fourth-order valence-electron chi connectivity index (χ4n) is 4.28. The van der Waals surface area contributed by atoms with Crippen molar-refractivity contribution >= 4 is 49.9 Å². The molecule has 1 aliphatic carbocycles. The topological polar surface area (TPSA) is 121 Å². The molecule has 0 saturated heterocycles. The molecule has 0 atom stereocenters. The number of amidine groups is 2. The van der Waals surface area contributed by atoms with Gasteiger partial charge in [0.05, 0.1) is 12.7 Å². The first kappa shape index (κ1) is 24.3. The van der Waals surface area contributed by atoms with Crippen LogP contribution in [0.25, 0.3) is 6.08 Å². The van der Waals surface area contributed by atoms with Gasteiger partial charge in [0.1, 0.15) is 9.94 Å². The first-order valence-corrected chi connectivity index (χ1v) is 13.8. The minimum Gasteiger partial charge on any atom is -0.493 e. The SMILES string of the molecule is COc1cc(/C=C2/C(=N)N3N=C(C4CCCCC4)SC3=NC2=O)ccc1OS(=O)(=O)c1ccccc1. The van der Waals surface area contributed by atoms with Crippen molar-refractivity contribution in [1.29, 1.82) is 5.41 Å². The van der Waals surface area contributed by atoms with E-state index >= 15 is 0 Å². The van der Waals surface area contributed by atoms with Crippen molar-refractivity contribution in [3.63, 3.8) is 0 Å². The van der Waals surface area contributed by atoms with Crippen LogP contribution in [0.5, 0.6) is 11.5 Å². The number of hydrogen-bond acceptors (Lipinski definition) is 8. The zero-order valence-electron chi connectivity index (χ0n) is 19.5. The number of amides is 1. The van der Waals surface area contributed by atoms with Crippen LogP contribution in [-0.4, -0.2) is 42.5 Å². The number of fused-ring (bicyclic) bond motifs is 1. The van der Waals surface area contributed by atoms with Gasteiger partial charge in [-0.3, -0.25) is 10.2 Å². The van der Waals surface area contributed by atoms with E-state index < -0.39 is 16.0 Å². The number of hydrogen-bond donors (Lipinski definition) is 1. The lowest BCUT2D eigenvalue weighted by Crippen LogP contribution is -2.35. The first-order chi connectivity index (χ1) is 17.4. The van der Waals surface area contributed by atoms with Crippen LogP contribution >= 0.6 is 11.8 Å². The summed E-state index contributed by atoms with van der Waals surface area (Å²) in [6, 6.07) is 12.4. The normalized spacial score (nSPS) is 19.7. The highest BCUT2D eigenvalue weighted by Crippen LogP contribution is 2.37. The molecule has 0 bridgehead atoms. The zero-order chi connectivity index (χ0) is 25.3. The smallest absolute Gasteiger partial charge is 0.339 e. The van der Waals surface area contributed by atoms with Gasteiger partial charge in [0.15, 0.2) is 17.3 Å². The highest BCUT2D eigenvalue weighted by atomic mass is 32.2. The maximum absolute atomic E-state index is 12.8. The van der Waals surface area contributed by atoms with Crippen molar-refractivity contribution in [2.45, 2.75) is 37.0 Å². The summed E-state index contributed by atoms with van der Waals surface area (Å²) in [5.74, 6) is -0.0564. The maximum Gasteiger partial charge on any atom is 0.339 e. The van der Waals surface area contributed by atoms with Gasteiger partial charge in [-0.05, 0) is 60.5 Å². The third-order valence-electron chi connectivity index (χ3n) is 6.15. The van der Waals surface area contributed by atoms with E-state index in [1.807, 2.05) is 0 Å². The van der Waals surface area contributed by atoms with Gasteiger partial charge in [-0.2, -0.15) is 23.5 Å². The van der Waals surface area contributed by atoms with E-state index in [4.69, 9.17) is 14.3 Å². The number of rotatable bonds is 6. The third-order valence-corrected chi connectivity index (χ3v) is 8.47. The molecule has 0 unspecified atom stereocenters. The summed E-state index contributed by atoms with van der Waals surface area (Å²) >= 11 is 1.37. The van der Waals surface area contributed by atoms with Crippen LogP contribution in [0.3, 0.4) is 0 Å². The molecule has 2 aromatic carbocycles. The molecule has 1 fully saturated rings. The highest BCUT2D eigenvalue weighted by molar-refractivity contribution is 8.27. The molecule has 2 aromatic rings. The largest absolute Gasteiger partial charge is 0.493 e. The van der Waals surface area contributed by atoms with Crippen molar-refractivity contribution in [1.82, 2.24) is 5.01 Å². The second kappa shape index (κ2) is 9.90. The number of nitrogens with one attached hydrogen (secondary N) is 1. The van der Waals surface area contributed by atoms with Crippen LogP contribution in [0.1, 0.15) is 37.7 Å². The van der Waals surface area contributed by atoms with Gasteiger partial charge in [-0.25, -0.2) is 0 Å². The number of benzene rings is 2. The van der Waals surface area contributed by atoms with Crippen LogP contribution in [0.15, 0.2) is 69.1 Å². The van der Waals surface area contributed by atoms with Gasteiger partial charge in [0.25, 0.3) is 5.91 Å². The molecule has 0 aromatic heterocycles. The second-order valence-corrected chi connectivity index (χ2v) is 11.1. The Morgan fingerprint density at radius 2 is 1.83 bits per heavy atom. The molecule has 9 nitrogen and oxygen atoms in total. The molecule has 186 valence electrons. The van der Waals surface area contributed by atoms with Gasteiger partial charge < -0.3 is 8.92 Å². The molecule has 11 heteroatoms. The van der Waals surface area contributed by atoms with Crippen LogP contribution < -0.4 is 8.92 Å². The fraction of sp³-hybridized carbons (Fsp3) is 0.280. The Hall–Kier alpha value is -3.44. The lowest BCUT2D eigenvalue weighted by Gasteiger charge is -2.20. The molecule has 2 aliphatic heterocycles. The quantitative estimate of drug-likeness (QED) is 0.431. The van der Waals surface area contributed by atoms with Gasteiger partial charge >= 0.3 is 10.1 Å². The molecule has 1 amide bonds. The minimum atomic E-state index is -4.05. The predicted molar refractivity (Wildman–Crippen MR) is 139 cm³/mol. The van der Waals surface area contributed by atoms with E-state index in [1.54, 1.807) is 24.3 Å². The highest BCUT2D eigenvalue weighted by Gasteiger charge is 2.38. The molecule has 0 spiro atoms. The Bertz CT molecular complexity index is 1410. The number of carbonyl (C=O) groups excluding carboxylic acids is 1. The molecular weight excluding hydrogens is 500 g/mol. The number of nitrogens with zero attached hydrogens (tertiary/aromatic N) is 3. The van der Waals surface area contributed by atoms with Gasteiger partial charge in [-0.15, -0.1) is 0 Å². The van der Waals surface area contributed by atoms with Crippen molar-refractivity contribution in [2.24, 2.45) is 16.0 Å². The number of ether oxygens (including phenoxy) is 1. The van der Waals surface area contributed by atoms with Crippen molar-refractivity contribution < 1.29 is 22.1 Å². The Morgan fingerprint density at radius 3 is 2.56 bits per heavy atom. The summed E-state index contributed by atoms with van der Waals surface area (Å²) in [7, 11) is -2.66. The average Bonchev–Trinajstić information content (AvgIpc) is 3.32. The van der Waals surface area contributed by atoms with Gasteiger partial charge in [0.2, 0.25) is 5.17 Å². The molecule has 3 aliphatic rings. The Labute approximate surface area is 213 Å². The van der Waals surface area contributed by atoms with E-state index in [0.717, 1.165) is 30.7 Å². The first-order valence-electron chi connectivity index (χ1n) is 11.5. The van der Waals surface area contributed by atoms with Crippen LogP contribution in [-0.2, 0) is 14.9 Å². The molecule has 5 rings (SSSR count). The summed E-state index contributed by atoms with van der Waals surface area (Å²) < 4.78 is 35.8. The summed E-state index contributed by atoms with van der Waals surface area (Å²) in [6.45, 7) is 0. The Morgan fingerprint density at radius 1 is 1.08 bits per heavy atom. The van der Waals surface area contributed by atoms with Crippen molar-refractivity contribution in [3.8, 4) is 11.5 Å². The number of methoxy groups -OCH3 is 1. The second-order valence-electron chi connectivity index (χ2n) is 8.55. The molecule has 1 N–H and O–H groups in total. The van der Waals surface area contributed by atoms with Gasteiger partial charge in [0, 0.05) is 5.92 Å². The summed E-state index contributed by atoms with van der Waals surface area (Å²) in [5, 5.41) is 16.0. The van der Waals surface area contributed by atoms with Crippen molar-refractivity contribution in [3.05, 3.63) is 59.7 Å². The number of carbonyl (C=O) groups is 1. The summed E-state index contributed by atoms with van der Waals surface area (Å²) in [4.78, 5) is 17.0. The Kier molecular flexibility index (Phi) is 6.67. The van der Waals surface area contributed by atoms with E-state index in [2.05, 4.69) is 10.1 Å². The van der Waals surface area contributed by atoms with E-state index in [9.17, 15) is 13.2 Å². The Balaban J connectivity index is 1.39. The lowest BCUT2D eigenvalue weighted by atomic mass is 9.90. The third kappa shape index (κ3) is 4.80. The minimum absolute atomic E-state index is 0.00604. The number of aliphatic imine (C=N–C) groups is 1. The summed E-state index contributed by atoms with van der Waals surface area (Å²) in [5.41, 5.74) is 0.604. The molecule has 36 heavy (non-hydrogen) atoms. The fourth-order valence-corrected chi connectivity index (χ4v) is 6.30. The zero-order valence-corrected chi connectivity index (χ0v) is 21.1.